The first-order chi connectivity index (χ1) is 12.1. The first kappa shape index (κ1) is 17.9. The highest BCUT2D eigenvalue weighted by Gasteiger charge is 2.20. The number of hydrogen-bond acceptors (Lipinski definition) is 5. The van der Waals surface area contributed by atoms with Crippen molar-refractivity contribution in [3.8, 4) is 17.1 Å². The van der Waals surface area contributed by atoms with Crippen molar-refractivity contribution in [2.45, 2.75) is 25.4 Å². The number of rotatable bonds is 6. The molecule has 3 rings (SSSR count). The molecular formula is C17H18Cl2N4O2. The fourth-order valence-electron chi connectivity index (χ4n) is 2.76. The molecular weight excluding hydrogens is 363 g/mol. The fraction of sp³-hybridized carbons (Fsp3) is 0.353. The maximum absolute atomic E-state index is 11.2. The van der Waals surface area contributed by atoms with Gasteiger partial charge in [0.25, 0.3) is 0 Å². The summed E-state index contributed by atoms with van der Waals surface area (Å²) >= 11 is 12.2. The Morgan fingerprint density at radius 1 is 1.36 bits per heavy atom. The number of nitrogens with one attached hydrogen (secondary N) is 2. The van der Waals surface area contributed by atoms with Gasteiger partial charge < -0.3 is 15.4 Å². The molecule has 132 valence electrons. The number of halogens is 2. The quantitative estimate of drug-likeness (QED) is 0.753. The molecule has 1 saturated heterocycles. The highest BCUT2D eigenvalue weighted by molar-refractivity contribution is 6.42. The van der Waals surface area contributed by atoms with Gasteiger partial charge in [-0.2, -0.15) is 0 Å². The van der Waals surface area contributed by atoms with E-state index in [9.17, 15) is 4.79 Å². The van der Waals surface area contributed by atoms with Gasteiger partial charge in [-0.1, -0.05) is 29.3 Å². The predicted molar refractivity (Wildman–Crippen MR) is 96.9 cm³/mol. The molecule has 0 unspecified atom stereocenters. The van der Waals surface area contributed by atoms with Gasteiger partial charge in [0.2, 0.25) is 11.8 Å². The van der Waals surface area contributed by atoms with Crippen molar-refractivity contribution in [2.24, 2.45) is 0 Å². The average Bonchev–Trinajstić information content (AvgIpc) is 3.03. The van der Waals surface area contributed by atoms with Gasteiger partial charge in [-0.05, 0) is 18.6 Å². The number of amides is 1. The minimum atomic E-state index is 0.114. The van der Waals surface area contributed by atoms with Gasteiger partial charge in [-0.25, -0.2) is 9.97 Å². The van der Waals surface area contributed by atoms with E-state index in [4.69, 9.17) is 27.9 Å². The summed E-state index contributed by atoms with van der Waals surface area (Å²) in [5, 5.41) is 6.86. The molecule has 2 N–H and O–H groups in total. The summed E-state index contributed by atoms with van der Waals surface area (Å²) in [5.74, 6) is 0.632. The number of hydrogen-bond donors (Lipinski definition) is 2. The second-order valence-electron chi connectivity index (χ2n) is 5.76. The Bertz CT molecular complexity index is 785. The van der Waals surface area contributed by atoms with Crippen LogP contribution in [0.3, 0.4) is 0 Å². The van der Waals surface area contributed by atoms with Crippen LogP contribution in [0, 0.1) is 0 Å². The zero-order valence-corrected chi connectivity index (χ0v) is 15.2. The summed E-state index contributed by atoms with van der Waals surface area (Å²) in [6, 6.07) is 5.75. The summed E-state index contributed by atoms with van der Waals surface area (Å²) < 4.78 is 5.40. The van der Waals surface area contributed by atoms with E-state index in [1.807, 2.05) is 12.1 Å². The van der Waals surface area contributed by atoms with Gasteiger partial charge in [-0.3, -0.25) is 4.79 Å². The smallest absolute Gasteiger partial charge is 0.220 e. The van der Waals surface area contributed by atoms with Crippen LogP contribution in [-0.4, -0.2) is 35.6 Å². The van der Waals surface area contributed by atoms with Gasteiger partial charge in [-0.15, -0.1) is 0 Å². The summed E-state index contributed by atoms with van der Waals surface area (Å²) in [4.78, 5) is 19.7. The fourth-order valence-corrected chi connectivity index (χ4v) is 3.12. The van der Waals surface area contributed by atoms with Gasteiger partial charge >= 0.3 is 0 Å². The molecule has 1 atom stereocenters. The molecule has 1 aliphatic heterocycles. The first-order valence-corrected chi connectivity index (χ1v) is 8.68. The summed E-state index contributed by atoms with van der Waals surface area (Å²) in [7, 11) is 1.58. The Kier molecular flexibility index (Phi) is 5.73. The number of pyridine rings is 2. The third-order valence-electron chi connectivity index (χ3n) is 4.05. The molecule has 0 aliphatic carbocycles. The lowest BCUT2D eigenvalue weighted by atomic mass is 10.1. The molecule has 0 spiro atoms. The molecule has 0 saturated carbocycles. The standard InChI is InChI=1S/C17H18Cl2N4O2/c1-25-17-10(8-20-9-11-3-5-14(24)22-11)2-4-13(23-17)12-6-7-21-16(19)15(12)18/h2,4,6-7,11,20H,3,5,8-9H2,1H3,(H,22,24)/t11-/m0/s1. The third kappa shape index (κ3) is 4.21. The lowest BCUT2D eigenvalue weighted by Gasteiger charge is -2.14. The largest absolute Gasteiger partial charge is 0.481 e. The van der Waals surface area contributed by atoms with E-state index in [1.165, 1.54) is 0 Å². The van der Waals surface area contributed by atoms with Gasteiger partial charge in [0.05, 0.1) is 17.8 Å². The summed E-state index contributed by atoms with van der Waals surface area (Å²) in [6.07, 6.45) is 3.05. The van der Waals surface area contributed by atoms with Crippen molar-refractivity contribution in [3.05, 3.63) is 40.1 Å². The zero-order chi connectivity index (χ0) is 17.8. The second-order valence-corrected chi connectivity index (χ2v) is 6.50. The highest BCUT2D eigenvalue weighted by Crippen LogP contribution is 2.32. The van der Waals surface area contributed by atoms with Crippen molar-refractivity contribution in [1.82, 2.24) is 20.6 Å². The van der Waals surface area contributed by atoms with Crippen molar-refractivity contribution in [2.75, 3.05) is 13.7 Å². The Balaban J connectivity index is 1.71. The Labute approximate surface area is 155 Å². The molecule has 2 aromatic heterocycles. The number of ether oxygens (including phenoxy) is 1. The number of methoxy groups -OCH3 is 1. The van der Waals surface area contributed by atoms with Crippen molar-refractivity contribution in [3.63, 3.8) is 0 Å². The number of carbonyl (C=O) groups excluding carboxylic acids is 1. The molecule has 6 nitrogen and oxygen atoms in total. The third-order valence-corrected chi connectivity index (χ3v) is 4.81. The average molecular weight is 381 g/mol. The SMILES string of the molecule is COc1nc(-c2ccnc(Cl)c2Cl)ccc1CNC[C@@H]1CCC(=O)N1. The van der Waals surface area contributed by atoms with Gasteiger partial charge in [0.15, 0.2) is 0 Å². The molecule has 25 heavy (non-hydrogen) atoms. The highest BCUT2D eigenvalue weighted by atomic mass is 35.5. The maximum Gasteiger partial charge on any atom is 0.220 e. The molecule has 8 heteroatoms. The Hall–Kier alpha value is -1.89. The van der Waals surface area contributed by atoms with Crippen LogP contribution in [0.4, 0.5) is 0 Å². The van der Waals surface area contributed by atoms with Crippen LogP contribution >= 0.6 is 23.2 Å². The van der Waals surface area contributed by atoms with Gasteiger partial charge in [0.1, 0.15) is 5.15 Å². The second kappa shape index (κ2) is 7.99. The predicted octanol–water partition coefficient (Wildman–Crippen LogP) is 2.83. The molecule has 2 aromatic rings. The van der Waals surface area contributed by atoms with E-state index in [0.29, 0.717) is 41.7 Å². The molecule has 1 fully saturated rings. The van der Waals surface area contributed by atoms with Crippen LogP contribution in [0.1, 0.15) is 18.4 Å². The van der Waals surface area contributed by atoms with Gasteiger partial charge in [0, 0.05) is 42.9 Å². The van der Waals surface area contributed by atoms with Crippen LogP contribution in [0.2, 0.25) is 10.2 Å². The maximum atomic E-state index is 11.2. The normalized spacial score (nSPS) is 16.8. The minimum absolute atomic E-state index is 0.114. The van der Waals surface area contributed by atoms with Crippen LogP contribution in [0.25, 0.3) is 11.3 Å². The van der Waals surface area contributed by atoms with E-state index < -0.39 is 0 Å². The topological polar surface area (TPSA) is 76.1 Å². The Morgan fingerprint density at radius 2 is 2.20 bits per heavy atom. The Morgan fingerprint density at radius 3 is 2.92 bits per heavy atom. The molecule has 3 heterocycles. The number of carbonyl (C=O) groups is 1. The van der Waals surface area contributed by atoms with Crippen LogP contribution < -0.4 is 15.4 Å². The van der Waals surface area contributed by atoms with Crippen LogP contribution in [0.5, 0.6) is 5.88 Å². The van der Waals surface area contributed by atoms with E-state index in [2.05, 4.69) is 20.6 Å². The van der Waals surface area contributed by atoms with Crippen molar-refractivity contribution < 1.29 is 9.53 Å². The molecule has 0 radical (unpaired) electrons. The van der Waals surface area contributed by atoms with Crippen LogP contribution in [0.15, 0.2) is 24.4 Å². The van der Waals surface area contributed by atoms with E-state index in [1.54, 1.807) is 19.4 Å². The molecule has 1 amide bonds. The van der Waals surface area contributed by atoms with E-state index in [0.717, 1.165) is 12.0 Å². The number of nitrogens with zero attached hydrogens (tertiary/aromatic N) is 2. The number of aromatic nitrogens is 2. The monoisotopic (exact) mass is 380 g/mol. The van der Waals surface area contributed by atoms with E-state index in [-0.39, 0.29) is 17.1 Å². The zero-order valence-electron chi connectivity index (χ0n) is 13.7. The lowest BCUT2D eigenvalue weighted by molar-refractivity contribution is -0.119. The lowest BCUT2D eigenvalue weighted by Crippen LogP contribution is -2.35. The molecule has 0 aromatic carbocycles. The summed E-state index contributed by atoms with van der Waals surface area (Å²) in [5.41, 5.74) is 2.29. The first-order valence-electron chi connectivity index (χ1n) is 7.93. The molecule has 0 bridgehead atoms. The molecule has 1 aliphatic rings. The minimum Gasteiger partial charge on any atom is -0.481 e. The van der Waals surface area contributed by atoms with Crippen LogP contribution in [-0.2, 0) is 11.3 Å². The van der Waals surface area contributed by atoms with Crippen molar-refractivity contribution >= 4 is 29.1 Å². The summed E-state index contributed by atoms with van der Waals surface area (Å²) in [6.45, 7) is 1.30. The van der Waals surface area contributed by atoms with Crippen molar-refractivity contribution in [1.29, 1.82) is 0 Å². The van der Waals surface area contributed by atoms with E-state index >= 15 is 0 Å².